The molecule has 0 aliphatic carbocycles. The molecule has 0 bridgehead atoms. The Morgan fingerprint density at radius 1 is 0.739 bits per heavy atom. The molecule has 0 aromatic rings. The van der Waals surface area contributed by atoms with Crippen molar-refractivity contribution in [2.24, 2.45) is 5.73 Å². The van der Waals surface area contributed by atoms with E-state index in [0.29, 0.717) is 26.4 Å². The third-order valence-corrected chi connectivity index (χ3v) is 8.05. The molecular formula is C15H39NO5Si2. The van der Waals surface area contributed by atoms with Crippen molar-refractivity contribution < 1.29 is 22.1 Å². The van der Waals surface area contributed by atoms with E-state index in [-0.39, 0.29) is 0 Å². The molecule has 0 aliphatic rings. The summed E-state index contributed by atoms with van der Waals surface area (Å²) in [5, 5.41) is 0. The van der Waals surface area contributed by atoms with Gasteiger partial charge in [-0.2, -0.15) is 0 Å². The SMILES string of the molecule is CCO[SiH](CC)OCC.CCO[Si](CCCN)(OCC)OCC. The second-order valence-corrected chi connectivity index (χ2v) is 9.70. The molecule has 23 heavy (non-hydrogen) atoms. The van der Waals surface area contributed by atoms with Crippen LogP contribution in [0.25, 0.3) is 0 Å². The monoisotopic (exact) mass is 369 g/mol. The highest BCUT2D eigenvalue weighted by Crippen LogP contribution is 2.17. The standard InChI is InChI=1S/C9H23NO3Si.C6H16O2Si/c1-4-11-14(12-5-2,13-6-3)9-7-8-10;1-4-7-9(6-3)8-5-2/h4-10H2,1-3H3;9H,4-6H2,1-3H3. The van der Waals surface area contributed by atoms with E-state index in [1.54, 1.807) is 0 Å². The maximum absolute atomic E-state index is 5.65. The van der Waals surface area contributed by atoms with Crippen LogP contribution < -0.4 is 5.73 Å². The van der Waals surface area contributed by atoms with Gasteiger partial charge in [-0.05, 0) is 53.6 Å². The lowest BCUT2D eigenvalue weighted by molar-refractivity contribution is 0.0710. The maximum Gasteiger partial charge on any atom is 0.500 e. The third-order valence-electron chi connectivity index (χ3n) is 2.82. The van der Waals surface area contributed by atoms with Gasteiger partial charge in [0.1, 0.15) is 0 Å². The lowest BCUT2D eigenvalue weighted by Crippen LogP contribution is -2.46. The first-order chi connectivity index (χ1) is 11.1. The summed E-state index contributed by atoms with van der Waals surface area (Å²) in [5.74, 6) is 0. The van der Waals surface area contributed by atoms with Crippen molar-refractivity contribution in [2.45, 2.75) is 60.1 Å². The van der Waals surface area contributed by atoms with Crippen molar-refractivity contribution >= 4 is 18.1 Å². The van der Waals surface area contributed by atoms with Gasteiger partial charge < -0.3 is 27.9 Å². The van der Waals surface area contributed by atoms with Gasteiger partial charge in [-0.15, -0.1) is 0 Å². The highest BCUT2D eigenvalue weighted by Gasteiger charge is 2.39. The van der Waals surface area contributed by atoms with E-state index in [1.165, 1.54) is 0 Å². The Kier molecular flexibility index (Phi) is 20.5. The minimum Gasteiger partial charge on any atom is -0.397 e. The van der Waals surface area contributed by atoms with Crippen molar-refractivity contribution in [1.82, 2.24) is 0 Å². The molecule has 0 atom stereocenters. The first kappa shape index (κ1) is 25.4. The second kappa shape index (κ2) is 18.5. The zero-order valence-electron chi connectivity index (χ0n) is 16.1. The summed E-state index contributed by atoms with van der Waals surface area (Å²) < 4.78 is 27.7. The summed E-state index contributed by atoms with van der Waals surface area (Å²) in [5.41, 5.74) is 5.48. The molecule has 0 radical (unpaired) electrons. The predicted octanol–water partition coefficient (Wildman–Crippen LogP) is 2.68. The van der Waals surface area contributed by atoms with Gasteiger partial charge in [-0.3, -0.25) is 0 Å². The van der Waals surface area contributed by atoms with E-state index in [4.69, 9.17) is 27.9 Å². The van der Waals surface area contributed by atoms with Crippen LogP contribution in [-0.2, 0) is 22.1 Å². The van der Waals surface area contributed by atoms with Crippen LogP contribution in [0.5, 0.6) is 0 Å². The molecule has 0 amide bonds. The van der Waals surface area contributed by atoms with Crippen LogP contribution in [0.1, 0.15) is 48.0 Å². The Morgan fingerprint density at radius 3 is 1.43 bits per heavy atom. The second-order valence-electron chi connectivity index (χ2n) is 4.62. The fourth-order valence-corrected chi connectivity index (χ4v) is 5.93. The zero-order valence-corrected chi connectivity index (χ0v) is 18.2. The van der Waals surface area contributed by atoms with E-state index in [9.17, 15) is 0 Å². The normalized spacial score (nSPS) is 11.5. The van der Waals surface area contributed by atoms with Crippen LogP contribution >= 0.6 is 0 Å². The molecule has 8 heteroatoms. The maximum atomic E-state index is 5.65. The van der Waals surface area contributed by atoms with E-state index in [2.05, 4.69) is 6.92 Å². The molecule has 0 spiro atoms. The molecule has 0 aromatic heterocycles. The Labute approximate surface area is 146 Å². The molecular weight excluding hydrogens is 330 g/mol. The number of nitrogens with two attached hydrogens (primary N) is 1. The highest BCUT2D eigenvalue weighted by atomic mass is 28.4. The molecule has 0 heterocycles. The third kappa shape index (κ3) is 14.3. The molecule has 0 aliphatic heterocycles. The molecule has 0 unspecified atom stereocenters. The highest BCUT2D eigenvalue weighted by molar-refractivity contribution is 6.60. The van der Waals surface area contributed by atoms with Crippen molar-refractivity contribution in [3.8, 4) is 0 Å². The summed E-state index contributed by atoms with van der Waals surface area (Å²) in [4.78, 5) is 0. The van der Waals surface area contributed by atoms with E-state index in [0.717, 1.165) is 31.7 Å². The lowest BCUT2D eigenvalue weighted by atomic mass is 10.5. The zero-order chi connectivity index (χ0) is 18.0. The summed E-state index contributed by atoms with van der Waals surface area (Å²) in [6.45, 7) is 16.2. The smallest absolute Gasteiger partial charge is 0.397 e. The molecule has 0 rings (SSSR count). The summed E-state index contributed by atoms with van der Waals surface area (Å²) in [7, 11) is -3.61. The van der Waals surface area contributed by atoms with Gasteiger partial charge >= 0.3 is 18.1 Å². The van der Waals surface area contributed by atoms with Crippen molar-refractivity contribution in [3.63, 3.8) is 0 Å². The van der Waals surface area contributed by atoms with E-state index < -0.39 is 18.1 Å². The van der Waals surface area contributed by atoms with Gasteiger partial charge in [-0.25, -0.2) is 0 Å². The van der Waals surface area contributed by atoms with Gasteiger partial charge in [0.15, 0.2) is 0 Å². The van der Waals surface area contributed by atoms with Crippen molar-refractivity contribution in [3.05, 3.63) is 0 Å². The van der Waals surface area contributed by atoms with Gasteiger partial charge in [0, 0.05) is 39.1 Å². The molecule has 0 saturated carbocycles. The van der Waals surface area contributed by atoms with Crippen LogP contribution in [0.2, 0.25) is 12.1 Å². The first-order valence-corrected chi connectivity index (χ1v) is 12.6. The Morgan fingerprint density at radius 2 is 1.17 bits per heavy atom. The van der Waals surface area contributed by atoms with Crippen LogP contribution in [0.4, 0.5) is 0 Å². The topological polar surface area (TPSA) is 72.2 Å². The number of hydrogen-bond donors (Lipinski definition) is 1. The molecule has 0 fully saturated rings. The average molecular weight is 370 g/mol. The summed E-state index contributed by atoms with van der Waals surface area (Å²) in [6, 6.07) is 1.89. The Hall–Kier alpha value is 0.194. The van der Waals surface area contributed by atoms with E-state index >= 15 is 0 Å². The predicted molar refractivity (Wildman–Crippen MR) is 100.0 cm³/mol. The first-order valence-electron chi connectivity index (χ1n) is 8.94. The van der Waals surface area contributed by atoms with Gasteiger partial charge in [-0.1, -0.05) is 6.92 Å². The fourth-order valence-electron chi connectivity index (χ4n) is 1.98. The largest absolute Gasteiger partial charge is 0.500 e. The van der Waals surface area contributed by atoms with Crippen molar-refractivity contribution in [2.75, 3.05) is 39.6 Å². The lowest BCUT2D eigenvalue weighted by Gasteiger charge is -2.28. The Balaban J connectivity index is 0. The Bertz CT molecular complexity index is 215. The van der Waals surface area contributed by atoms with Crippen LogP contribution in [0.3, 0.4) is 0 Å². The van der Waals surface area contributed by atoms with E-state index in [1.807, 2.05) is 34.6 Å². The molecule has 2 N–H and O–H groups in total. The quantitative estimate of drug-likeness (QED) is 0.475. The number of hydrogen-bond acceptors (Lipinski definition) is 6. The van der Waals surface area contributed by atoms with Gasteiger partial charge in [0.2, 0.25) is 0 Å². The summed E-state index contributed by atoms with van der Waals surface area (Å²) in [6.07, 6.45) is 0.895. The van der Waals surface area contributed by atoms with Gasteiger partial charge in [0.25, 0.3) is 0 Å². The van der Waals surface area contributed by atoms with Crippen LogP contribution in [0.15, 0.2) is 0 Å². The molecule has 142 valence electrons. The number of rotatable bonds is 14. The average Bonchev–Trinajstić information content (AvgIpc) is 2.54. The van der Waals surface area contributed by atoms with Gasteiger partial charge in [0.05, 0.1) is 0 Å². The van der Waals surface area contributed by atoms with Crippen molar-refractivity contribution in [1.29, 1.82) is 0 Å². The molecule has 0 saturated heterocycles. The molecule has 6 nitrogen and oxygen atoms in total. The minimum absolute atomic E-state index is 0.636. The van der Waals surface area contributed by atoms with Crippen LogP contribution in [-0.4, -0.2) is 57.7 Å². The minimum atomic E-state index is -2.40. The summed E-state index contributed by atoms with van der Waals surface area (Å²) >= 11 is 0. The van der Waals surface area contributed by atoms with Crippen LogP contribution in [0, 0.1) is 0 Å². The molecule has 0 aromatic carbocycles. The fraction of sp³-hybridized carbons (Fsp3) is 1.00.